The molecule has 1 aliphatic rings. The summed E-state index contributed by atoms with van der Waals surface area (Å²) in [7, 11) is 3.28. The van der Waals surface area contributed by atoms with Crippen molar-refractivity contribution in [2.45, 2.75) is 19.5 Å². The molecule has 0 unspecified atom stereocenters. The predicted octanol–water partition coefficient (Wildman–Crippen LogP) is 1.35. The molecule has 0 saturated carbocycles. The first-order valence-corrected chi connectivity index (χ1v) is 9.57. The molecule has 30 heavy (non-hydrogen) atoms. The van der Waals surface area contributed by atoms with Crippen molar-refractivity contribution in [3.63, 3.8) is 0 Å². The van der Waals surface area contributed by atoms with Crippen LogP contribution < -0.4 is 10.1 Å². The van der Waals surface area contributed by atoms with Gasteiger partial charge in [-0.15, -0.1) is 0 Å². The molecular formula is C21H22N6O3. The first-order valence-electron chi connectivity index (χ1n) is 9.57. The second-order valence-electron chi connectivity index (χ2n) is 7.04. The third-order valence-corrected chi connectivity index (χ3v) is 5.08. The molecule has 0 aromatic carbocycles. The molecule has 2 amide bonds. The van der Waals surface area contributed by atoms with Gasteiger partial charge in [0.2, 0.25) is 5.88 Å². The zero-order valence-corrected chi connectivity index (χ0v) is 16.8. The van der Waals surface area contributed by atoms with Gasteiger partial charge in [-0.1, -0.05) is 0 Å². The smallest absolute Gasteiger partial charge is 0.272 e. The second-order valence-corrected chi connectivity index (χ2v) is 7.04. The summed E-state index contributed by atoms with van der Waals surface area (Å²) in [6.07, 6.45) is 5.56. The fourth-order valence-corrected chi connectivity index (χ4v) is 3.41. The minimum Gasteiger partial charge on any atom is -0.481 e. The molecule has 4 heterocycles. The molecule has 0 radical (unpaired) electrons. The lowest BCUT2D eigenvalue weighted by molar-refractivity contribution is 0.0722. The van der Waals surface area contributed by atoms with Crippen LogP contribution in [-0.4, -0.2) is 50.1 Å². The van der Waals surface area contributed by atoms with Crippen molar-refractivity contribution in [1.29, 1.82) is 0 Å². The minimum absolute atomic E-state index is 0.0497. The molecule has 1 N–H and O–H groups in total. The minimum atomic E-state index is -0.226. The monoisotopic (exact) mass is 406 g/mol. The fraction of sp³-hybridized carbons (Fsp3) is 0.286. The summed E-state index contributed by atoms with van der Waals surface area (Å²) in [4.78, 5) is 35.5. The molecule has 3 aromatic rings. The number of methoxy groups -OCH3 is 1. The number of ether oxygens (including phenoxy) is 1. The molecule has 154 valence electrons. The van der Waals surface area contributed by atoms with E-state index in [1.54, 1.807) is 47.2 Å². The second kappa shape index (κ2) is 8.32. The van der Waals surface area contributed by atoms with E-state index in [1.807, 2.05) is 6.07 Å². The van der Waals surface area contributed by atoms with Crippen LogP contribution in [0.2, 0.25) is 0 Å². The van der Waals surface area contributed by atoms with Crippen LogP contribution in [0.1, 0.15) is 37.7 Å². The zero-order chi connectivity index (χ0) is 21.1. The first-order chi connectivity index (χ1) is 14.5. The van der Waals surface area contributed by atoms with Gasteiger partial charge in [0.05, 0.1) is 12.7 Å². The van der Waals surface area contributed by atoms with E-state index in [4.69, 9.17) is 4.74 Å². The van der Waals surface area contributed by atoms with Crippen molar-refractivity contribution in [3.05, 3.63) is 70.9 Å². The summed E-state index contributed by atoms with van der Waals surface area (Å²) in [5.74, 6) is 0.179. The average molecular weight is 406 g/mol. The SMILES string of the molecule is COc1ccc(C(=O)NCc2cnc3c(c2)CN(C(=O)c2ccnn2C)CC3)cn1. The summed E-state index contributed by atoms with van der Waals surface area (Å²) in [6.45, 7) is 1.43. The molecule has 9 nitrogen and oxygen atoms in total. The van der Waals surface area contributed by atoms with Crippen LogP contribution in [0, 0.1) is 0 Å². The molecule has 0 saturated heterocycles. The van der Waals surface area contributed by atoms with Crippen molar-refractivity contribution in [2.75, 3.05) is 13.7 Å². The van der Waals surface area contributed by atoms with E-state index >= 15 is 0 Å². The Labute approximate surface area is 173 Å². The summed E-state index contributed by atoms with van der Waals surface area (Å²) in [6, 6.07) is 7.02. The molecule has 0 bridgehead atoms. The molecule has 3 aromatic heterocycles. The van der Waals surface area contributed by atoms with Gasteiger partial charge in [-0.05, 0) is 29.3 Å². The van der Waals surface area contributed by atoms with E-state index in [2.05, 4.69) is 20.4 Å². The molecule has 0 aliphatic carbocycles. The lowest BCUT2D eigenvalue weighted by atomic mass is 10.0. The van der Waals surface area contributed by atoms with Crippen molar-refractivity contribution in [3.8, 4) is 5.88 Å². The molecule has 4 rings (SSSR count). The van der Waals surface area contributed by atoms with Crippen LogP contribution >= 0.6 is 0 Å². The fourth-order valence-electron chi connectivity index (χ4n) is 3.41. The predicted molar refractivity (Wildman–Crippen MR) is 108 cm³/mol. The van der Waals surface area contributed by atoms with Crippen LogP contribution in [-0.2, 0) is 26.6 Å². The van der Waals surface area contributed by atoms with Gasteiger partial charge in [-0.25, -0.2) is 4.98 Å². The van der Waals surface area contributed by atoms with E-state index in [-0.39, 0.29) is 11.8 Å². The van der Waals surface area contributed by atoms with Gasteiger partial charge in [0, 0.05) is 63.5 Å². The molecule has 1 aliphatic heterocycles. The normalized spacial score (nSPS) is 12.9. The number of carbonyl (C=O) groups is 2. The molecule has 9 heteroatoms. The summed E-state index contributed by atoms with van der Waals surface area (Å²) >= 11 is 0. The lowest BCUT2D eigenvalue weighted by Crippen LogP contribution is -2.37. The van der Waals surface area contributed by atoms with Crippen molar-refractivity contribution in [1.82, 2.24) is 30.0 Å². The molecular weight excluding hydrogens is 384 g/mol. The Kier molecular flexibility index (Phi) is 5.42. The quantitative estimate of drug-likeness (QED) is 0.686. The highest BCUT2D eigenvalue weighted by molar-refractivity contribution is 5.94. The topological polar surface area (TPSA) is 102 Å². The Morgan fingerprint density at radius 2 is 2.07 bits per heavy atom. The molecule has 0 fully saturated rings. The highest BCUT2D eigenvalue weighted by atomic mass is 16.5. The number of carbonyl (C=O) groups excluding carboxylic acids is 2. The Balaban J connectivity index is 1.42. The first kappa shape index (κ1) is 19.6. The Bertz CT molecular complexity index is 1080. The number of fused-ring (bicyclic) bond motifs is 1. The number of nitrogens with one attached hydrogen (secondary N) is 1. The van der Waals surface area contributed by atoms with Gasteiger partial charge in [0.25, 0.3) is 11.8 Å². The number of aryl methyl sites for hydroxylation is 1. The van der Waals surface area contributed by atoms with Crippen LogP contribution in [0.4, 0.5) is 0 Å². The van der Waals surface area contributed by atoms with Gasteiger partial charge in [-0.2, -0.15) is 5.10 Å². The number of hydrogen-bond donors (Lipinski definition) is 1. The van der Waals surface area contributed by atoms with E-state index in [0.717, 1.165) is 16.8 Å². The Hall–Kier alpha value is -3.75. The summed E-state index contributed by atoms with van der Waals surface area (Å²) in [5, 5.41) is 6.94. The maximum atomic E-state index is 12.8. The molecule has 0 atom stereocenters. The van der Waals surface area contributed by atoms with Crippen LogP contribution in [0.25, 0.3) is 0 Å². The van der Waals surface area contributed by atoms with Crippen LogP contribution in [0.3, 0.4) is 0 Å². The van der Waals surface area contributed by atoms with Crippen LogP contribution in [0.15, 0.2) is 42.9 Å². The highest BCUT2D eigenvalue weighted by Gasteiger charge is 2.24. The number of nitrogens with zero attached hydrogens (tertiary/aromatic N) is 5. The number of hydrogen-bond acceptors (Lipinski definition) is 6. The Morgan fingerprint density at radius 3 is 2.77 bits per heavy atom. The number of rotatable bonds is 5. The third kappa shape index (κ3) is 4.00. The van der Waals surface area contributed by atoms with Gasteiger partial charge in [-0.3, -0.25) is 19.3 Å². The Morgan fingerprint density at radius 1 is 1.20 bits per heavy atom. The van der Waals surface area contributed by atoms with Crippen LogP contribution in [0.5, 0.6) is 5.88 Å². The van der Waals surface area contributed by atoms with Crippen molar-refractivity contribution in [2.24, 2.45) is 7.05 Å². The number of pyridine rings is 2. The van der Waals surface area contributed by atoms with Gasteiger partial charge >= 0.3 is 0 Å². The largest absolute Gasteiger partial charge is 0.481 e. The van der Waals surface area contributed by atoms with E-state index in [1.165, 1.54) is 13.3 Å². The van der Waals surface area contributed by atoms with Crippen molar-refractivity contribution < 1.29 is 14.3 Å². The lowest BCUT2D eigenvalue weighted by Gasteiger charge is -2.28. The average Bonchev–Trinajstić information content (AvgIpc) is 3.22. The standard InChI is InChI=1S/C21H22N6O3/c1-26-18(5-7-25-26)21(29)27-8-6-17-16(13-27)9-14(10-22-17)11-24-20(28)15-3-4-19(30-2)23-12-15/h3-5,7,9-10,12H,6,8,11,13H2,1-2H3,(H,24,28). The van der Waals surface area contributed by atoms with Crippen molar-refractivity contribution >= 4 is 11.8 Å². The van der Waals surface area contributed by atoms with Gasteiger partial charge < -0.3 is 15.0 Å². The van der Waals surface area contributed by atoms with Gasteiger partial charge in [0.15, 0.2) is 0 Å². The number of aromatic nitrogens is 4. The van der Waals surface area contributed by atoms with Gasteiger partial charge in [0.1, 0.15) is 5.69 Å². The third-order valence-electron chi connectivity index (χ3n) is 5.08. The van der Waals surface area contributed by atoms with E-state index in [0.29, 0.717) is 43.2 Å². The van der Waals surface area contributed by atoms with E-state index in [9.17, 15) is 9.59 Å². The maximum absolute atomic E-state index is 12.8. The molecule has 0 spiro atoms. The zero-order valence-electron chi connectivity index (χ0n) is 16.8. The summed E-state index contributed by atoms with van der Waals surface area (Å²) < 4.78 is 6.58. The van der Waals surface area contributed by atoms with E-state index < -0.39 is 0 Å². The summed E-state index contributed by atoms with van der Waals surface area (Å²) in [5.41, 5.74) is 3.86. The highest BCUT2D eigenvalue weighted by Crippen LogP contribution is 2.20. The number of amides is 2. The maximum Gasteiger partial charge on any atom is 0.272 e.